The van der Waals surface area contributed by atoms with Crippen LogP contribution in [0.5, 0.6) is 0 Å². The van der Waals surface area contributed by atoms with Gasteiger partial charge in [0.25, 0.3) is 0 Å². The molecule has 1 heterocycles. The lowest BCUT2D eigenvalue weighted by Crippen LogP contribution is -1.94. The number of hydrogen-bond acceptors (Lipinski definition) is 4. The summed E-state index contributed by atoms with van der Waals surface area (Å²) in [5.74, 6) is 5.20. The van der Waals surface area contributed by atoms with Crippen molar-refractivity contribution in [2.75, 3.05) is 0 Å². The van der Waals surface area contributed by atoms with E-state index in [-0.39, 0.29) is 5.56 Å². The second kappa shape index (κ2) is 5.96. The van der Waals surface area contributed by atoms with Gasteiger partial charge in [0, 0.05) is 5.56 Å². The van der Waals surface area contributed by atoms with Gasteiger partial charge >= 0.3 is 5.97 Å². The highest BCUT2D eigenvalue weighted by Crippen LogP contribution is 2.21. The molecule has 0 saturated heterocycles. The van der Waals surface area contributed by atoms with Gasteiger partial charge in [-0.3, -0.25) is 0 Å². The highest BCUT2D eigenvalue weighted by atomic mass is 32.1. The molecule has 5 heteroatoms. The van der Waals surface area contributed by atoms with Gasteiger partial charge in [0.2, 0.25) is 0 Å². The highest BCUT2D eigenvalue weighted by molar-refractivity contribution is 7.00. The molecule has 0 amide bonds. The van der Waals surface area contributed by atoms with Crippen molar-refractivity contribution in [1.29, 1.82) is 0 Å². The first-order valence-electron chi connectivity index (χ1n) is 6.78. The summed E-state index contributed by atoms with van der Waals surface area (Å²) in [6.07, 6.45) is 0.909. The van der Waals surface area contributed by atoms with E-state index in [1.165, 1.54) is 17.3 Å². The summed E-state index contributed by atoms with van der Waals surface area (Å²) in [5, 5.41) is 8.88. The number of aromatic nitrogens is 2. The largest absolute Gasteiger partial charge is 0.478 e. The number of rotatable bonds is 2. The first-order valence-corrected chi connectivity index (χ1v) is 7.51. The Morgan fingerprint density at radius 3 is 2.50 bits per heavy atom. The molecule has 1 N–H and O–H groups in total. The van der Waals surface area contributed by atoms with Crippen LogP contribution < -0.4 is 0 Å². The predicted molar refractivity (Wildman–Crippen MR) is 86.2 cm³/mol. The average Bonchev–Trinajstić information content (AvgIpc) is 3.03. The van der Waals surface area contributed by atoms with Crippen LogP contribution in [0.4, 0.5) is 0 Å². The van der Waals surface area contributed by atoms with Crippen LogP contribution in [-0.4, -0.2) is 19.8 Å². The standard InChI is InChI=1S/C17H12N2O2S/c1-2-12-9-10-13(16-15(12)18-22-19-16)6-3-11-4-7-14(8-5-11)17(20)21/h4-5,7-10H,2H2,1H3,(H,20,21). The Kier molecular flexibility index (Phi) is 3.86. The Bertz CT molecular complexity index is 902. The normalized spacial score (nSPS) is 10.2. The molecule has 0 atom stereocenters. The topological polar surface area (TPSA) is 63.1 Å². The third kappa shape index (κ3) is 2.69. The van der Waals surface area contributed by atoms with Gasteiger partial charge in [0.05, 0.1) is 22.9 Å². The molecular weight excluding hydrogens is 296 g/mol. The van der Waals surface area contributed by atoms with E-state index in [9.17, 15) is 4.79 Å². The summed E-state index contributed by atoms with van der Waals surface area (Å²) in [5.41, 5.74) is 4.77. The van der Waals surface area contributed by atoms with Crippen molar-refractivity contribution in [3.8, 4) is 11.8 Å². The number of carboxylic acid groups (broad SMARTS) is 1. The van der Waals surface area contributed by atoms with Gasteiger partial charge in [-0.1, -0.05) is 24.8 Å². The number of benzene rings is 2. The molecule has 0 bridgehead atoms. The van der Waals surface area contributed by atoms with Crippen LogP contribution in [0.3, 0.4) is 0 Å². The zero-order chi connectivity index (χ0) is 15.5. The summed E-state index contributed by atoms with van der Waals surface area (Å²) in [6, 6.07) is 10.5. The lowest BCUT2D eigenvalue weighted by atomic mass is 10.1. The maximum absolute atomic E-state index is 10.8. The molecule has 0 radical (unpaired) electrons. The Hall–Kier alpha value is -2.71. The minimum absolute atomic E-state index is 0.254. The second-order valence-electron chi connectivity index (χ2n) is 4.72. The molecule has 1 aromatic heterocycles. The van der Waals surface area contributed by atoms with E-state index >= 15 is 0 Å². The molecule has 2 aromatic carbocycles. The molecule has 0 unspecified atom stereocenters. The summed E-state index contributed by atoms with van der Waals surface area (Å²) in [4.78, 5) is 10.8. The van der Waals surface area contributed by atoms with E-state index in [1.807, 2.05) is 12.1 Å². The minimum atomic E-state index is -0.940. The van der Waals surface area contributed by atoms with Gasteiger partial charge in [-0.05, 0) is 42.3 Å². The van der Waals surface area contributed by atoms with Crippen molar-refractivity contribution in [3.05, 3.63) is 58.7 Å². The van der Waals surface area contributed by atoms with Crippen molar-refractivity contribution in [1.82, 2.24) is 8.75 Å². The van der Waals surface area contributed by atoms with Crippen LogP contribution in [0.1, 0.15) is 34.0 Å². The number of hydrogen-bond donors (Lipinski definition) is 1. The fourth-order valence-corrected chi connectivity index (χ4v) is 2.73. The lowest BCUT2D eigenvalue weighted by molar-refractivity contribution is 0.0697. The number of aryl methyl sites for hydroxylation is 1. The van der Waals surface area contributed by atoms with Gasteiger partial charge in [0.1, 0.15) is 11.0 Å². The lowest BCUT2D eigenvalue weighted by Gasteiger charge is -1.98. The average molecular weight is 308 g/mol. The number of carbonyl (C=O) groups is 1. The maximum atomic E-state index is 10.8. The molecular formula is C17H12N2O2S. The number of nitrogens with zero attached hydrogens (tertiary/aromatic N) is 2. The Balaban J connectivity index is 1.97. The molecule has 22 heavy (non-hydrogen) atoms. The van der Waals surface area contributed by atoms with E-state index in [0.717, 1.165) is 28.6 Å². The van der Waals surface area contributed by atoms with Crippen LogP contribution >= 0.6 is 11.7 Å². The first-order chi connectivity index (χ1) is 10.7. The smallest absolute Gasteiger partial charge is 0.335 e. The third-order valence-corrected chi connectivity index (χ3v) is 3.88. The second-order valence-corrected chi connectivity index (χ2v) is 5.25. The Morgan fingerprint density at radius 2 is 1.82 bits per heavy atom. The van der Waals surface area contributed by atoms with Crippen molar-refractivity contribution < 1.29 is 9.90 Å². The molecule has 4 nitrogen and oxygen atoms in total. The van der Waals surface area contributed by atoms with Gasteiger partial charge in [-0.25, -0.2) is 4.79 Å². The van der Waals surface area contributed by atoms with E-state index in [2.05, 4.69) is 27.5 Å². The van der Waals surface area contributed by atoms with Gasteiger partial charge in [-0.15, -0.1) is 0 Å². The summed E-state index contributed by atoms with van der Waals surface area (Å²) < 4.78 is 8.66. The summed E-state index contributed by atoms with van der Waals surface area (Å²) in [7, 11) is 0. The fourth-order valence-electron chi connectivity index (χ4n) is 2.14. The predicted octanol–water partition coefficient (Wildman–Crippen LogP) is 3.35. The molecule has 0 saturated carbocycles. The SMILES string of the molecule is CCc1ccc(C#Cc2ccc(C(=O)O)cc2)c2nsnc12. The zero-order valence-corrected chi connectivity index (χ0v) is 12.6. The van der Waals surface area contributed by atoms with Crippen LogP contribution in [0, 0.1) is 11.8 Å². The molecule has 0 fully saturated rings. The molecule has 0 aliphatic carbocycles. The van der Waals surface area contributed by atoms with Crippen LogP contribution in [0.15, 0.2) is 36.4 Å². The van der Waals surface area contributed by atoms with Crippen molar-refractivity contribution in [2.45, 2.75) is 13.3 Å². The zero-order valence-electron chi connectivity index (χ0n) is 11.8. The van der Waals surface area contributed by atoms with Crippen molar-refractivity contribution >= 4 is 28.7 Å². The Labute approximate surface area is 131 Å². The molecule has 0 aliphatic rings. The van der Waals surface area contributed by atoms with E-state index in [4.69, 9.17) is 5.11 Å². The molecule has 0 aliphatic heterocycles. The third-order valence-electron chi connectivity index (χ3n) is 3.35. The summed E-state index contributed by atoms with van der Waals surface area (Å²) >= 11 is 1.19. The molecule has 3 rings (SSSR count). The number of fused-ring (bicyclic) bond motifs is 1. The molecule has 3 aromatic rings. The van der Waals surface area contributed by atoms with Gasteiger partial charge in [0.15, 0.2) is 0 Å². The van der Waals surface area contributed by atoms with E-state index in [0.29, 0.717) is 0 Å². The van der Waals surface area contributed by atoms with Crippen LogP contribution in [-0.2, 0) is 6.42 Å². The quantitative estimate of drug-likeness (QED) is 0.737. The molecule has 108 valence electrons. The van der Waals surface area contributed by atoms with E-state index < -0.39 is 5.97 Å². The Morgan fingerprint density at radius 1 is 1.09 bits per heavy atom. The number of carboxylic acids is 1. The summed E-state index contributed by atoms with van der Waals surface area (Å²) in [6.45, 7) is 2.09. The minimum Gasteiger partial charge on any atom is -0.478 e. The fraction of sp³-hybridized carbons (Fsp3) is 0.118. The van der Waals surface area contributed by atoms with Crippen LogP contribution in [0.25, 0.3) is 11.0 Å². The van der Waals surface area contributed by atoms with Gasteiger partial charge < -0.3 is 5.11 Å². The molecule has 0 spiro atoms. The van der Waals surface area contributed by atoms with E-state index in [1.54, 1.807) is 24.3 Å². The van der Waals surface area contributed by atoms with Crippen molar-refractivity contribution in [3.63, 3.8) is 0 Å². The monoisotopic (exact) mass is 308 g/mol. The van der Waals surface area contributed by atoms with Crippen molar-refractivity contribution in [2.24, 2.45) is 0 Å². The van der Waals surface area contributed by atoms with Gasteiger partial charge in [-0.2, -0.15) is 8.75 Å². The maximum Gasteiger partial charge on any atom is 0.335 e. The highest BCUT2D eigenvalue weighted by Gasteiger charge is 2.07. The first kappa shape index (κ1) is 14.2. The number of aromatic carboxylic acids is 1. The van der Waals surface area contributed by atoms with Crippen LogP contribution in [0.2, 0.25) is 0 Å².